The molecule has 0 saturated heterocycles. The zero-order valence-corrected chi connectivity index (χ0v) is 13.6. The Bertz CT molecular complexity index is 889. The Labute approximate surface area is 138 Å². The number of pyridine rings is 1. The summed E-state index contributed by atoms with van der Waals surface area (Å²) in [5.74, 6) is 4.59. The van der Waals surface area contributed by atoms with Crippen molar-refractivity contribution in [2.24, 2.45) is 12.9 Å². The third kappa shape index (κ3) is 2.56. The van der Waals surface area contributed by atoms with Gasteiger partial charge in [0, 0.05) is 12.6 Å². The third-order valence-electron chi connectivity index (χ3n) is 4.39. The fourth-order valence-corrected chi connectivity index (χ4v) is 3.18. The van der Waals surface area contributed by atoms with Crippen LogP contribution >= 0.6 is 0 Å². The Kier molecular flexibility index (Phi) is 4.11. The molecule has 24 heavy (non-hydrogen) atoms. The molecule has 1 aliphatic rings. The zero-order valence-electron chi connectivity index (χ0n) is 13.6. The Balaban J connectivity index is 2.21. The van der Waals surface area contributed by atoms with Crippen molar-refractivity contribution in [2.75, 3.05) is 5.32 Å². The molecule has 0 radical (unpaired) electrons. The van der Waals surface area contributed by atoms with Crippen LogP contribution in [0.15, 0.2) is 23.0 Å². The first kappa shape index (κ1) is 16.2. The fourth-order valence-electron chi connectivity index (χ4n) is 3.18. The number of aromatic nitrogens is 1. The summed E-state index contributed by atoms with van der Waals surface area (Å²) in [6.07, 6.45) is 2.06. The number of nitrogen functional groups attached to an aromatic ring is 1. The van der Waals surface area contributed by atoms with Gasteiger partial charge in [-0.25, -0.2) is 10.2 Å². The molecule has 3 rings (SSSR count). The number of fused-ring (bicyclic) bond motifs is 1. The van der Waals surface area contributed by atoms with Crippen LogP contribution in [0.4, 0.5) is 15.9 Å². The lowest BCUT2D eigenvalue weighted by atomic mass is 10.0. The number of aryl methyl sites for hydroxylation is 1. The molecule has 4 N–H and O–H groups in total. The van der Waals surface area contributed by atoms with Crippen LogP contribution in [0.3, 0.4) is 0 Å². The van der Waals surface area contributed by atoms with E-state index < -0.39 is 11.7 Å². The van der Waals surface area contributed by atoms with Crippen molar-refractivity contribution in [3.05, 3.63) is 56.6 Å². The minimum Gasteiger partial charge on any atom is -0.338 e. The van der Waals surface area contributed by atoms with E-state index in [9.17, 15) is 14.0 Å². The smallest absolute Gasteiger partial charge is 0.269 e. The second kappa shape index (κ2) is 6.09. The summed E-state index contributed by atoms with van der Waals surface area (Å²) in [5.41, 5.74) is 4.54. The van der Waals surface area contributed by atoms with Gasteiger partial charge in [0.25, 0.3) is 11.5 Å². The van der Waals surface area contributed by atoms with Crippen molar-refractivity contribution in [3.8, 4) is 0 Å². The van der Waals surface area contributed by atoms with Crippen LogP contribution in [0.25, 0.3) is 0 Å². The highest BCUT2D eigenvalue weighted by molar-refractivity contribution is 6.01. The third-order valence-corrected chi connectivity index (χ3v) is 4.39. The first-order valence-corrected chi connectivity index (χ1v) is 7.73. The van der Waals surface area contributed by atoms with Gasteiger partial charge < -0.3 is 5.32 Å². The number of hydrazine groups is 1. The van der Waals surface area contributed by atoms with Crippen LogP contribution in [0.5, 0.6) is 0 Å². The minimum atomic E-state index is -0.501. The first-order valence-electron chi connectivity index (χ1n) is 7.73. The number of anilines is 2. The molecule has 7 heteroatoms. The summed E-state index contributed by atoms with van der Waals surface area (Å²) in [4.78, 5) is 24.8. The van der Waals surface area contributed by atoms with Crippen LogP contribution in [-0.4, -0.2) is 10.5 Å². The van der Waals surface area contributed by atoms with Crippen molar-refractivity contribution in [2.45, 2.75) is 26.2 Å². The summed E-state index contributed by atoms with van der Waals surface area (Å²) in [6.45, 7) is 1.78. The van der Waals surface area contributed by atoms with E-state index in [1.54, 1.807) is 26.1 Å². The van der Waals surface area contributed by atoms with Crippen molar-refractivity contribution in [3.63, 3.8) is 0 Å². The second-order valence-electron chi connectivity index (χ2n) is 5.98. The average Bonchev–Trinajstić information content (AvgIpc) is 3.03. The molecule has 0 fully saturated rings. The SMILES string of the molecule is Cc1ccc(Nc2c(C(=O)NN)c3c(c(=O)n2C)CCC3)c(F)c1. The Morgan fingerprint density at radius 2 is 2.00 bits per heavy atom. The highest BCUT2D eigenvalue weighted by atomic mass is 19.1. The molecule has 0 aliphatic heterocycles. The molecule has 1 aromatic heterocycles. The number of carbonyl (C=O) groups excluding carboxylic acids is 1. The Hall–Kier alpha value is -2.67. The lowest BCUT2D eigenvalue weighted by Gasteiger charge is -2.19. The number of halogens is 1. The van der Waals surface area contributed by atoms with Gasteiger partial charge in [-0.1, -0.05) is 6.07 Å². The molecule has 6 nitrogen and oxygen atoms in total. The molecule has 0 unspecified atom stereocenters. The number of hydrogen-bond acceptors (Lipinski definition) is 4. The number of benzene rings is 1. The van der Waals surface area contributed by atoms with E-state index in [0.717, 1.165) is 12.0 Å². The van der Waals surface area contributed by atoms with E-state index in [2.05, 4.69) is 10.7 Å². The number of nitrogens with one attached hydrogen (secondary N) is 2. The Morgan fingerprint density at radius 1 is 1.29 bits per heavy atom. The Morgan fingerprint density at radius 3 is 2.67 bits per heavy atom. The summed E-state index contributed by atoms with van der Waals surface area (Å²) in [5, 5.41) is 2.89. The number of nitrogens with zero attached hydrogens (tertiary/aromatic N) is 1. The molecule has 1 aromatic carbocycles. The second-order valence-corrected chi connectivity index (χ2v) is 5.98. The van der Waals surface area contributed by atoms with Crippen LogP contribution < -0.4 is 22.1 Å². The van der Waals surface area contributed by atoms with Crippen LogP contribution in [0, 0.1) is 12.7 Å². The zero-order chi connectivity index (χ0) is 17.4. The predicted octanol–water partition coefficient (Wildman–Crippen LogP) is 1.67. The highest BCUT2D eigenvalue weighted by Gasteiger charge is 2.27. The summed E-state index contributed by atoms with van der Waals surface area (Å²) < 4.78 is 15.5. The van der Waals surface area contributed by atoms with E-state index in [0.29, 0.717) is 29.5 Å². The maximum absolute atomic E-state index is 14.2. The van der Waals surface area contributed by atoms with Crippen molar-refractivity contribution in [1.29, 1.82) is 0 Å². The molecule has 1 amide bonds. The van der Waals surface area contributed by atoms with E-state index in [1.807, 2.05) is 0 Å². The molecule has 2 aromatic rings. The maximum atomic E-state index is 14.2. The van der Waals surface area contributed by atoms with E-state index in [-0.39, 0.29) is 17.1 Å². The molecular weight excluding hydrogens is 311 g/mol. The molecule has 1 aliphatic carbocycles. The van der Waals surface area contributed by atoms with Gasteiger partial charge in [-0.15, -0.1) is 0 Å². The number of amides is 1. The van der Waals surface area contributed by atoms with Crippen molar-refractivity contribution >= 4 is 17.4 Å². The largest absolute Gasteiger partial charge is 0.338 e. The van der Waals surface area contributed by atoms with Gasteiger partial charge in [-0.3, -0.25) is 19.6 Å². The number of nitrogens with two attached hydrogens (primary N) is 1. The van der Waals surface area contributed by atoms with Crippen LogP contribution in [-0.2, 0) is 19.9 Å². The summed E-state index contributed by atoms with van der Waals surface area (Å²) in [6, 6.07) is 4.71. The normalized spacial score (nSPS) is 12.8. The number of hydrogen-bond donors (Lipinski definition) is 3. The standard InChI is InChI=1S/C17H19FN4O2/c1-9-6-7-13(12(18)8-9)20-15-14(16(23)21-19)10-4-3-5-11(10)17(24)22(15)2/h6-8,20H,3-5,19H2,1-2H3,(H,21,23). The number of rotatable bonds is 3. The van der Waals surface area contributed by atoms with E-state index in [1.165, 1.54) is 10.6 Å². The van der Waals surface area contributed by atoms with Gasteiger partial charge >= 0.3 is 0 Å². The quantitative estimate of drug-likeness (QED) is 0.454. The maximum Gasteiger partial charge on any atom is 0.269 e. The van der Waals surface area contributed by atoms with Gasteiger partial charge in [-0.05, 0) is 49.4 Å². The van der Waals surface area contributed by atoms with Gasteiger partial charge in [0.05, 0.1) is 11.3 Å². The first-order chi connectivity index (χ1) is 11.4. The minimum absolute atomic E-state index is 0.175. The number of carbonyl (C=O) groups is 1. The van der Waals surface area contributed by atoms with E-state index >= 15 is 0 Å². The van der Waals surface area contributed by atoms with Crippen LogP contribution in [0.1, 0.15) is 33.5 Å². The lowest BCUT2D eigenvalue weighted by Crippen LogP contribution is -2.35. The van der Waals surface area contributed by atoms with Gasteiger partial charge in [0.15, 0.2) is 0 Å². The van der Waals surface area contributed by atoms with Crippen LogP contribution in [0.2, 0.25) is 0 Å². The van der Waals surface area contributed by atoms with Crippen molar-refractivity contribution < 1.29 is 9.18 Å². The summed E-state index contributed by atoms with van der Waals surface area (Å²) in [7, 11) is 1.56. The molecule has 126 valence electrons. The molecule has 0 saturated carbocycles. The van der Waals surface area contributed by atoms with Gasteiger partial charge in [0.2, 0.25) is 0 Å². The topological polar surface area (TPSA) is 89.2 Å². The predicted molar refractivity (Wildman–Crippen MR) is 89.8 cm³/mol. The molecule has 0 bridgehead atoms. The highest BCUT2D eigenvalue weighted by Crippen LogP contribution is 2.30. The molecule has 1 heterocycles. The molecular formula is C17H19FN4O2. The van der Waals surface area contributed by atoms with Gasteiger partial charge in [0.1, 0.15) is 11.6 Å². The summed E-state index contributed by atoms with van der Waals surface area (Å²) >= 11 is 0. The molecule has 0 spiro atoms. The van der Waals surface area contributed by atoms with E-state index in [4.69, 9.17) is 5.84 Å². The lowest BCUT2D eigenvalue weighted by molar-refractivity contribution is 0.0953. The molecule has 0 atom stereocenters. The monoisotopic (exact) mass is 330 g/mol. The fraction of sp³-hybridized carbons (Fsp3) is 0.294. The average molecular weight is 330 g/mol. The van der Waals surface area contributed by atoms with Gasteiger partial charge in [-0.2, -0.15) is 0 Å². The van der Waals surface area contributed by atoms with Crippen molar-refractivity contribution in [1.82, 2.24) is 9.99 Å².